The molecular weight excluding hydrogens is 442 g/mol. The SMILES string of the molecule is O=C(c1ccc(Cl)nc1)N(c1ccc(Oc2ccccc2)cc1)c1nc2ccccc2s1. The molecule has 32 heavy (non-hydrogen) atoms. The molecule has 0 saturated carbocycles. The van der Waals surface area contributed by atoms with Crippen LogP contribution in [0.5, 0.6) is 11.5 Å². The zero-order valence-corrected chi connectivity index (χ0v) is 18.3. The Morgan fingerprint density at radius 1 is 0.844 bits per heavy atom. The van der Waals surface area contributed by atoms with Crippen LogP contribution in [0.4, 0.5) is 10.8 Å². The maximum absolute atomic E-state index is 13.5. The van der Waals surface area contributed by atoms with Crippen molar-refractivity contribution in [3.8, 4) is 11.5 Å². The lowest BCUT2D eigenvalue weighted by atomic mass is 10.2. The van der Waals surface area contributed by atoms with Crippen LogP contribution in [0, 0.1) is 0 Å². The molecule has 0 radical (unpaired) electrons. The Bertz CT molecular complexity index is 1340. The van der Waals surface area contributed by atoms with Gasteiger partial charge in [0, 0.05) is 6.20 Å². The maximum atomic E-state index is 13.5. The predicted molar refractivity (Wildman–Crippen MR) is 128 cm³/mol. The van der Waals surface area contributed by atoms with Gasteiger partial charge in [-0.1, -0.05) is 53.3 Å². The third-order valence-corrected chi connectivity index (χ3v) is 5.97. The molecule has 0 N–H and O–H groups in total. The number of benzene rings is 3. The summed E-state index contributed by atoms with van der Waals surface area (Å²) in [7, 11) is 0. The summed E-state index contributed by atoms with van der Waals surface area (Å²) in [6, 6.07) is 27.9. The fourth-order valence-corrected chi connectivity index (χ4v) is 4.29. The molecule has 1 amide bonds. The van der Waals surface area contributed by atoms with Crippen molar-refractivity contribution in [1.29, 1.82) is 0 Å². The first-order valence-corrected chi connectivity index (χ1v) is 11.0. The summed E-state index contributed by atoms with van der Waals surface area (Å²) in [6.45, 7) is 0. The van der Waals surface area contributed by atoms with E-state index in [0.717, 1.165) is 16.0 Å². The number of anilines is 2. The molecule has 0 fully saturated rings. The summed E-state index contributed by atoms with van der Waals surface area (Å²) >= 11 is 7.36. The second-order valence-electron chi connectivity index (χ2n) is 6.88. The largest absolute Gasteiger partial charge is 0.457 e. The lowest BCUT2D eigenvalue weighted by molar-refractivity contribution is 0.0999. The lowest BCUT2D eigenvalue weighted by Crippen LogP contribution is -2.25. The van der Waals surface area contributed by atoms with Gasteiger partial charge in [-0.2, -0.15) is 0 Å². The van der Waals surface area contributed by atoms with Gasteiger partial charge in [0.05, 0.1) is 21.5 Å². The van der Waals surface area contributed by atoms with Crippen LogP contribution < -0.4 is 9.64 Å². The van der Waals surface area contributed by atoms with Crippen LogP contribution in [-0.2, 0) is 0 Å². The zero-order chi connectivity index (χ0) is 21.9. The van der Waals surface area contributed by atoms with E-state index in [9.17, 15) is 4.79 Å². The van der Waals surface area contributed by atoms with Crippen molar-refractivity contribution in [2.24, 2.45) is 0 Å². The summed E-state index contributed by atoms with van der Waals surface area (Å²) in [5, 5.41) is 0.901. The molecule has 0 aliphatic carbocycles. The van der Waals surface area contributed by atoms with Crippen LogP contribution in [-0.4, -0.2) is 15.9 Å². The van der Waals surface area contributed by atoms with Gasteiger partial charge in [-0.25, -0.2) is 9.97 Å². The molecular formula is C25H16ClN3O2S. The molecule has 5 aromatic rings. The van der Waals surface area contributed by atoms with Crippen molar-refractivity contribution >= 4 is 49.9 Å². The van der Waals surface area contributed by atoms with Crippen molar-refractivity contribution in [1.82, 2.24) is 9.97 Å². The number of rotatable bonds is 5. The van der Waals surface area contributed by atoms with Crippen LogP contribution in [0.25, 0.3) is 10.2 Å². The van der Waals surface area contributed by atoms with Crippen molar-refractivity contribution in [3.05, 3.63) is 108 Å². The number of nitrogens with zero attached hydrogens (tertiary/aromatic N) is 3. The van der Waals surface area contributed by atoms with Crippen LogP contribution in [0.1, 0.15) is 10.4 Å². The van der Waals surface area contributed by atoms with E-state index in [4.69, 9.17) is 16.3 Å². The second-order valence-corrected chi connectivity index (χ2v) is 8.28. The van der Waals surface area contributed by atoms with Crippen molar-refractivity contribution in [3.63, 3.8) is 0 Å². The smallest absolute Gasteiger partial charge is 0.266 e. The average Bonchev–Trinajstić information content (AvgIpc) is 3.25. The Hall–Kier alpha value is -3.74. The molecule has 2 heterocycles. The van der Waals surface area contributed by atoms with Gasteiger partial charge in [-0.15, -0.1) is 0 Å². The summed E-state index contributed by atoms with van der Waals surface area (Å²) in [5.41, 5.74) is 1.92. The van der Waals surface area contributed by atoms with Crippen LogP contribution in [0.2, 0.25) is 5.15 Å². The van der Waals surface area contributed by atoms with Crippen molar-refractivity contribution in [2.45, 2.75) is 0 Å². The molecule has 3 aromatic carbocycles. The molecule has 5 rings (SSSR count). The van der Waals surface area contributed by atoms with Crippen molar-refractivity contribution < 1.29 is 9.53 Å². The molecule has 0 atom stereocenters. The number of fused-ring (bicyclic) bond motifs is 1. The molecule has 0 unspecified atom stereocenters. The third kappa shape index (κ3) is 4.19. The number of ether oxygens (including phenoxy) is 1. The molecule has 0 spiro atoms. The van der Waals surface area contributed by atoms with E-state index in [1.54, 1.807) is 17.0 Å². The highest BCUT2D eigenvalue weighted by Gasteiger charge is 2.23. The number of aromatic nitrogens is 2. The normalized spacial score (nSPS) is 10.8. The molecule has 2 aromatic heterocycles. The number of hydrogen-bond acceptors (Lipinski definition) is 5. The van der Waals surface area contributed by atoms with E-state index in [-0.39, 0.29) is 5.91 Å². The molecule has 156 valence electrons. The summed E-state index contributed by atoms with van der Waals surface area (Å²) in [4.78, 5) is 23.8. The summed E-state index contributed by atoms with van der Waals surface area (Å²) < 4.78 is 6.88. The van der Waals surface area contributed by atoms with Gasteiger partial charge in [0.1, 0.15) is 16.7 Å². The fourth-order valence-electron chi connectivity index (χ4n) is 3.19. The van der Waals surface area contributed by atoms with E-state index >= 15 is 0 Å². The topological polar surface area (TPSA) is 55.3 Å². The van der Waals surface area contributed by atoms with E-state index in [2.05, 4.69) is 9.97 Å². The standard InChI is InChI=1S/C25H16ClN3O2S/c26-23-15-10-17(16-27-23)24(30)29(25-28-21-8-4-5-9-22(21)32-25)18-11-13-20(14-12-18)31-19-6-2-1-3-7-19/h1-16H. The number of amides is 1. The minimum absolute atomic E-state index is 0.245. The van der Waals surface area contributed by atoms with Crippen molar-refractivity contribution in [2.75, 3.05) is 4.90 Å². The number of halogens is 1. The molecule has 5 nitrogen and oxygen atoms in total. The molecule has 0 saturated heterocycles. The van der Waals surface area contributed by atoms with Gasteiger partial charge in [0.2, 0.25) is 0 Å². The Balaban J connectivity index is 1.53. The van der Waals surface area contributed by atoms with Crippen LogP contribution in [0.15, 0.2) is 97.2 Å². The Morgan fingerprint density at radius 2 is 1.56 bits per heavy atom. The van der Waals surface area contributed by atoms with Gasteiger partial charge < -0.3 is 4.74 Å². The Morgan fingerprint density at radius 3 is 2.28 bits per heavy atom. The van der Waals surface area contributed by atoms with Gasteiger partial charge in [-0.05, 0) is 60.7 Å². The number of carbonyl (C=O) groups excluding carboxylic acids is 1. The Labute approximate surface area is 193 Å². The van der Waals surface area contributed by atoms with E-state index in [0.29, 0.717) is 27.3 Å². The average molecular weight is 458 g/mol. The first-order valence-electron chi connectivity index (χ1n) is 9.82. The monoisotopic (exact) mass is 457 g/mol. The molecule has 0 aliphatic rings. The highest BCUT2D eigenvalue weighted by molar-refractivity contribution is 7.22. The molecule has 0 aliphatic heterocycles. The fraction of sp³-hybridized carbons (Fsp3) is 0. The van der Waals surface area contributed by atoms with E-state index in [1.165, 1.54) is 17.5 Å². The minimum Gasteiger partial charge on any atom is -0.457 e. The maximum Gasteiger partial charge on any atom is 0.266 e. The molecule has 7 heteroatoms. The summed E-state index contributed by atoms with van der Waals surface area (Å²) in [6.07, 6.45) is 1.47. The first-order chi connectivity index (χ1) is 15.7. The zero-order valence-electron chi connectivity index (χ0n) is 16.7. The lowest BCUT2D eigenvalue weighted by Gasteiger charge is -2.20. The highest BCUT2D eigenvalue weighted by Crippen LogP contribution is 2.35. The van der Waals surface area contributed by atoms with Crippen LogP contribution in [0.3, 0.4) is 0 Å². The first kappa shape index (κ1) is 20.2. The van der Waals surface area contributed by atoms with Gasteiger partial charge in [-0.3, -0.25) is 9.69 Å². The second kappa shape index (κ2) is 8.78. The number of hydrogen-bond donors (Lipinski definition) is 0. The van der Waals surface area contributed by atoms with Gasteiger partial charge >= 0.3 is 0 Å². The number of carbonyl (C=O) groups is 1. The van der Waals surface area contributed by atoms with Gasteiger partial charge in [0.25, 0.3) is 5.91 Å². The summed E-state index contributed by atoms with van der Waals surface area (Å²) in [5.74, 6) is 1.17. The van der Waals surface area contributed by atoms with E-state index < -0.39 is 0 Å². The number of pyridine rings is 1. The predicted octanol–water partition coefficient (Wildman–Crippen LogP) is 7.12. The van der Waals surface area contributed by atoms with E-state index in [1.807, 2.05) is 78.9 Å². The third-order valence-electron chi connectivity index (χ3n) is 4.73. The Kier molecular flexibility index (Phi) is 5.54. The minimum atomic E-state index is -0.245. The quantitative estimate of drug-likeness (QED) is 0.264. The highest BCUT2D eigenvalue weighted by atomic mass is 35.5. The number of para-hydroxylation sites is 2. The van der Waals surface area contributed by atoms with Gasteiger partial charge in [0.15, 0.2) is 5.13 Å². The van der Waals surface area contributed by atoms with Crippen LogP contribution >= 0.6 is 22.9 Å². The molecule has 0 bridgehead atoms. The number of thiazole rings is 1.